The minimum Gasteiger partial charge on any atom is -0.342 e. The van der Waals surface area contributed by atoms with E-state index >= 15 is 0 Å². The van der Waals surface area contributed by atoms with Crippen molar-refractivity contribution in [2.45, 2.75) is 32.1 Å². The highest BCUT2D eigenvalue weighted by Crippen LogP contribution is 2.41. The zero-order valence-electron chi connectivity index (χ0n) is 16.8. The molecule has 7 nitrogen and oxygen atoms in total. The normalized spacial score (nSPS) is 18.6. The van der Waals surface area contributed by atoms with Gasteiger partial charge in [-0.2, -0.15) is 5.10 Å². The molecule has 158 valence electrons. The summed E-state index contributed by atoms with van der Waals surface area (Å²) < 4.78 is 1.74. The third kappa shape index (κ3) is 3.25. The molecule has 0 aromatic carbocycles. The second-order valence-electron chi connectivity index (χ2n) is 8.24. The Labute approximate surface area is 188 Å². The fourth-order valence-electron chi connectivity index (χ4n) is 4.78. The van der Waals surface area contributed by atoms with Gasteiger partial charge in [0.15, 0.2) is 0 Å². The van der Waals surface area contributed by atoms with Crippen molar-refractivity contribution >= 4 is 56.1 Å². The van der Waals surface area contributed by atoms with E-state index in [4.69, 9.17) is 11.6 Å². The molecule has 1 amide bonds. The highest BCUT2D eigenvalue weighted by atomic mass is 35.5. The van der Waals surface area contributed by atoms with Gasteiger partial charge in [0.2, 0.25) is 5.91 Å². The largest absolute Gasteiger partial charge is 0.342 e. The number of aromatic nitrogens is 4. The monoisotopic (exact) mass is 452 g/mol. The molecule has 4 aromatic heterocycles. The number of amides is 1. The highest BCUT2D eigenvalue weighted by molar-refractivity contribution is 7.19. The number of nitrogens with zero attached hydrogens (tertiary/aromatic N) is 5. The van der Waals surface area contributed by atoms with Gasteiger partial charge in [-0.05, 0) is 49.8 Å². The number of rotatable bonds is 3. The molecule has 31 heavy (non-hydrogen) atoms. The zero-order chi connectivity index (χ0) is 20.9. The summed E-state index contributed by atoms with van der Waals surface area (Å²) in [5.41, 5.74) is 3.01. The van der Waals surface area contributed by atoms with Crippen LogP contribution in [0.15, 0.2) is 30.9 Å². The maximum atomic E-state index is 12.9. The fraction of sp³-hybridized carbons (Fsp3) is 0.364. The average molecular weight is 453 g/mol. The van der Waals surface area contributed by atoms with Crippen LogP contribution in [0.1, 0.15) is 29.7 Å². The first-order chi connectivity index (χ1) is 15.2. The van der Waals surface area contributed by atoms with Crippen LogP contribution in [0, 0.1) is 5.92 Å². The molecule has 1 N–H and O–H groups in total. The number of carbonyl (C=O) groups is 1. The summed E-state index contributed by atoms with van der Waals surface area (Å²) in [5.74, 6) is 1.17. The lowest BCUT2D eigenvalue weighted by Crippen LogP contribution is -2.36. The van der Waals surface area contributed by atoms with Crippen molar-refractivity contribution in [1.29, 1.82) is 0 Å². The first kappa shape index (κ1) is 19.0. The zero-order valence-corrected chi connectivity index (χ0v) is 18.4. The summed E-state index contributed by atoms with van der Waals surface area (Å²) >= 11 is 8.18. The van der Waals surface area contributed by atoms with Gasteiger partial charge in [-0.15, -0.1) is 11.3 Å². The predicted molar refractivity (Wildman–Crippen MR) is 122 cm³/mol. The Hall–Kier alpha value is -2.71. The van der Waals surface area contributed by atoms with Crippen LogP contribution < -0.4 is 5.32 Å². The Kier molecular flexibility index (Phi) is 4.57. The number of hydrogen-bond donors (Lipinski definition) is 1. The Morgan fingerprint density at radius 3 is 3.00 bits per heavy atom. The van der Waals surface area contributed by atoms with Crippen molar-refractivity contribution < 1.29 is 4.79 Å². The van der Waals surface area contributed by atoms with Gasteiger partial charge >= 0.3 is 0 Å². The lowest BCUT2D eigenvalue weighted by molar-refractivity contribution is -0.134. The number of hydrogen-bond acceptors (Lipinski definition) is 6. The number of carbonyl (C=O) groups excluding carboxylic acids is 1. The highest BCUT2D eigenvalue weighted by Gasteiger charge is 2.32. The Morgan fingerprint density at radius 1 is 1.26 bits per heavy atom. The molecule has 1 saturated heterocycles. The fourth-order valence-corrected chi connectivity index (χ4v) is 6.24. The third-order valence-electron chi connectivity index (χ3n) is 6.35. The van der Waals surface area contributed by atoms with Crippen LogP contribution >= 0.6 is 22.9 Å². The Balaban J connectivity index is 1.34. The molecule has 9 heteroatoms. The van der Waals surface area contributed by atoms with E-state index in [-0.39, 0.29) is 5.92 Å². The Bertz CT molecular complexity index is 1310. The van der Waals surface area contributed by atoms with E-state index < -0.39 is 0 Å². The molecule has 1 fully saturated rings. The molecule has 0 saturated carbocycles. The first-order valence-electron chi connectivity index (χ1n) is 10.6. The molecule has 6 rings (SSSR count). The van der Waals surface area contributed by atoms with Gasteiger partial charge in [0.05, 0.1) is 21.6 Å². The molecule has 0 radical (unpaired) electrons. The molecule has 4 aromatic rings. The summed E-state index contributed by atoms with van der Waals surface area (Å²) in [5, 5.41) is 9.27. The molecule has 1 aliphatic carbocycles. The van der Waals surface area contributed by atoms with Gasteiger partial charge in [-0.1, -0.05) is 11.6 Å². The van der Waals surface area contributed by atoms with Crippen LogP contribution in [0.4, 0.5) is 11.5 Å². The predicted octanol–water partition coefficient (Wildman–Crippen LogP) is 4.46. The Morgan fingerprint density at radius 2 is 2.13 bits per heavy atom. The minimum absolute atomic E-state index is 0.0850. The van der Waals surface area contributed by atoms with Crippen molar-refractivity contribution in [2.75, 3.05) is 18.4 Å². The molecule has 1 aliphatic heterocycles. The van der Waals surface area contributed by atoms with E-state index in [1.54, 1.807) is 34.6 Å². The topological polar surface area (TPSA) is 75.4 Å². The van der Waals surface area contributed by atoms with E-state index in [9.17, 15) is 4.79 Å². The maximum absolute atomic E-state index is 12.9. The van der Waals surface area contributed by atoms with E-state index in [1.165, 1.54) is 10.4 Å². The van der Waals surface area contributed by atoms with E-state index in [0.29, 0.717) is 10.9 Å². The van der Waals surface area contributed by atoms with Gasteiger partial charge in [-0.3, -0.25) is 4.79 Å². The van der Waals surface area contributed by atoms with Crippen LogP contribution in [0.2, 0.25) is 5.02 Å². The second-order valence-corrected chi connectivity index (χ2v) is 9.73. The van der Waals surface area contributed by atoms with Gasteiger partial charge in [0, 0.05) is 36.3 Å². The summed E-state index contributed by atoms with van der Waals surface area (Å²) in [7, 11) is 0. The lowest BCUT2D eigenvalue weighted by Gasteiger charge is -2.26. The quantitative estimate of drug-likeness (QED) is 0.496. The molecule has 1 atom stereocenters. The van der Waals surface area contributed by atoms with Crippen molar-refractivity contribution in [1.82, 2.24) is 24.5 Å². The van der Waals surface area contributed by atoms with Crippen LogP contribution in [0.3, 0.4) is 0 Å². The second kappa shape index (κ2) is 7.46. The number of halogens is 1. The number of fused-ring (bicyclic) bond motifs is 4. The third-order valence-corrected chi connectivity index (χ3v) is 7.81. The molecule has 0 bridgehead atoms. The number of likely N-dealkylation sites (tertiary alicyclic amines) is 1. The molecule has 0 spiro atoms. The van der Waals surface area contributed by atoms with Gasteiger partial charge in [0.1, 0.15) is 17.0 Å². The minimum atomic E-state index is 0.0850. The first-order valence-corrected chi connectivity index (χ1v) is 11.8. The molecule has 0 unspecified atom stereocenters. The van der Waals surface area contributed by atoms with E-state index in [2.05, 4.69) is 20.4 Å². The van der Waals surface area contributed by atoms with E-state index in [0.717, 1.165) is 72.4 Å². The number of thiophene rings is 1. The average Bonchev–Trinajstić information content (AvgIpc) is 3.52. The standard InChI is InChI=1S/C22H21ClN6OS/c23-16-11-29-14(5-6-26-29)10-17(16)27-20-19-15-4-3-13(22(30)28-7-1-2-8-28)9-18(15)31-21(19)25-12-24-20/h5-6,10-13H,1-4,7-9H2,(H,24,25,27)/t13-/m0/s1. The van der Waals surface area contributed by atoms with Crippen molar-refractivity contribution in [3.8, 4) is 0 Å². The van der Waals surface area contributed by atoms with Crippen molar-refractivity contribution in [2.24, 2.45) is 5.92 Å². The molecule has 2 aliphatic rings. The molecule has 5 heterocycles. The molecular formula is C22H21ClN6OS. The number of aryl methyl sites for hydroxylation is 1. The van der Waals surface area contributed by atoms with Crippen LogP contribution in [0.5, 0.6) is 0 Å². The summed E-state index contributed by atoms with van der Waals surface area (Å²) in [6, 6.07) is 3.90. The van der Waals surface area contributed by atoms with Crippen LogP contribution in [0.25, 0.3) is 15.7 Å². The van der Waals surface area contributed by atoms with Gasteiger partial charge in [0.25, 0.3) is 0 Å². The summed E-state index contributed by atoms with van der Waals surface area (Å²) in [4.78, 5) is 26.3. The van der Waals surface area contributed by atoms with Gasteiger partial charge in [-0.25, -0.2) is 14.5 Å². The maximum Gasteiger partial charge on any atom is 0.226 e. The smallest absolute Gasteiger partial charge is 0.226 e. The van der Waals surface area contributed by atoms with Crippen molar-refractivity contribution in [3.05, 3.63) is 46.3 Å². The van der Waals surface area contributed by atoms with Crippen molar-refractivity contribution in [3.63, 3.8) is 0 Å². The summed E-state index contributed by atoms with van der Waals surface area (Å²) in [6.07, 6.45) is 9.93. The number of anilines is 2. The van der Waals surface area contributed by atoms with Crippen LogP contribution in [-0.2, 0) is 17.6 Å². The summed E-state index contributed by atoms with van der Waals surface area (Å²) in [6.45, 7) is 1.83. The number of pyridine rings is 1. The van der Waals surface area contributed by atoms with Gasteiger partial charge < -0.3 is 10.2 Å². The lowest BCUT2D eigenvalue weighted by atomic mass is 9.87. The SMILES string of the molecule is O=C([C@H]1CCc2c(sc3ncnc(Nc4cc5ccnn5cc4Cl)c23)C1)N1CCCC1. The number of nitrogens with one attached hydrogen (secondary N) is 1. The molecular weight excluding hydrogens is 432 g/mol. The van der Waals surface area contributed by atoms with E-state index in [1.807, 2.05) is 17.0 Å². The van der Waals surface area contributed by atoms with Crippen LogP contribution in [-0.4, -0.2) is 43.5 Å².